The Labute approximate surface area is 143 Å². The van der Waals surface area contributed by atoms with E-state index in [1.807, 2.05) is 12.3 Å². The fourth-order valence-corrected chi connectivity index (χ4v) is 3.79. The smallest absolute Gasteiger partial charge is 0.225 e. The second-order valence-electron chi connectivity index (χ2n) is 7.30. The number of hydrogen-bond acceptors (Lipinski definition) is 3. The summed E-state index contributed by atoms with van der Waals surface area (Å²) in [5, 5.41) is 4.90. The molecule has 2 aliphatic rings. The molecule has 4 nitrogen and oxygen atoms in total. The van der Waals surface area contributed by atoms with E-state index in [1.54, 1.807) is 0 Å². The molecule has 126 valence electrons. The minimum atomic E-state index is 0.337. The van der Waals surface area contributed by atoms with Crippen molar-refractivity contribution in [1.29, 1.82) is 0 Å². The fourth-order valence-electron chi connectivity index (χ4n) is 3.79. The van der Waals surface area contributed by atoms with Gasteiger partial charge in [0, 0.05) is 43.2 Å². The van der Waals surface area contributed by atoms with Gasteiger partial charge in [-0.25, -0.2) is 0 Å². The van der Waals surface area contributed by atoms with Crippen LogP contribution in [0, 0.1) is 11.8 Å². The van der Waals surface area contributed by atoms with E-state index in [-0.39, 0.29) is 0 Å². The maximum absolute atomic E-state index is 12.2. The maximum atomic E-state index is 12.2. The van der Waals surface area contributed by atoms with Gasteiger partial charge in [-0.1, -0.05) is 31.2 Å². The highest BCUT2D eigenvalue weighted by atomic mass is 16.2. The lowest BCUT2D eigenvalue weighted by molar-refractivity contribution is -0.134. The zero-order chi connectivity index (χ0) is 16.5. The standard InChI is InChI=1S/C20H25N3O/c1-14-13-23(20(24)16-7-8-16)11-9-18(14)22-12-17-5-2-4-15-6-3-10-21-19(15)17/h2-6,10,14,16,18,22H,7-9,11-13H2,1H3/t14-,18+/m1/s1. The highest BCUT2D eigenvalue weighted by Gasteiger charge is 2.36. The summed E-state index contributed by atoms with van der Waals surface area (Å²) in [6.45, 7) is 4.87. The van der Waals surface area contributed by atoms with Gasteiger partial charge >= 0.3 is 0 Å². The topological polar surface area (TPSA) is 45.2 Å². The lowest BCUT2D eigenvalue weighted by atomic mass is 9.93. The first-order chi connectivity index (χ1) is 11.7. The number of nitrogens with zero attached hydrogens (tertiary/aromatic N) is 2. The molecule has 2 fully saturated rings. The van der Waals surface area contributed by atoms with Crippen LogP contribution in [0.2, 0.25) is 0 Å². The van der Waals surface area contributed by atoms with Gasteiger partial charge < -0.3 is 10.2 Å². The number of fused-ring (bicyclic) bond motifs is 1. The Hall–Kier alpha value is -1.94. The molecular formula is C20H25N3O. The first kappa shape index (κ1) is 15.6. The van der Waals surface area contributed by atoms with Gasteiger partial charge in [0.15, 0.2) is 0 Å². The van der Waals surface area contributed by atoms with Gasteiger partial charge in [0.2, 0.25) is 5.91 Å². The Morgan fingerprint density at radius 2 is 2.08 bits per heavy atom. The quantitative estimate of drug-likeness (QED) is 0.941. The van der Waals surface area contributed by atoms with E-state index >= 15 is 0 Å². The Balaban J connectivity index is 1.38. The number of piperidine rings is 1. The molecule has 24 heavy (non-hydrogen) atoms. The normalized spacial score (nSPS) is 24.3. The highest BCUT2D eigenvalue weighted by molar-refractivity contribution is 5.82. The van der Waals surface area contributed by atoms with Crippen LogP contribution < -0.4 is 5.32 Å². The number of rotatable bonds is 4. The molecule has 4 heteroatoms. The van der Waals surface area contributed by atoms with E-state index in [0.717, 1.165) is 44.4 Å². The third-order valence-electron chi connectivity index (χ3n) is 5.41. The predicted molar refractivity (Wildman–Crippen MR) is 95.5 cm³/mol. The van der Waals surface area contributed by atoms with Crippen molar-refractivity contribution in [3.05, 3.63) is 42.1 Å². The second-order valence-corrected chi connectivity index (χ2v) is 7.30. The van der Waals surface area contributed by atoms with E-state index < -0.39 is 0 Å². The number of amides is 1. The summed E-state index contributed by atoms with van der Waals surface area (Å²) >= 11 is 0. The van der Waals surface area contributed by atoms with Crippen molar-refractivity contribution in [3.63, 3.8) is 0 Å². The molecular weight excluding hydrogens is 298 g/mol. The van der Waals surface area contributed by atoms with Crippen LogP contribution in [-0.4, -0.2) is 34.9 Å². The van der Waals surface area contributed by atoms with Crippen LogP contribution in [0.1, 0.15) is 31.7 Å². The molecule has 1 aromatic heterocycles. The molecule has 0 bridgehead atoms. The molecule has 1 aliphatic heterocycles. The summed E-state index contributed by atoms with van der Waals surface area (Å²) in [5.74, 6) is 1.21. The van der Waals surface area contributed by atoms with Gasteiger partial charge in [-0.15, -0.1) is 0 Å². The van der Waals surface area contributed by atoms with Crippen LogP contribution in [0.25, 0.3) is 10.9 Å². The van der Waals surface area contributed by atoms with Crippen molar-refractivity contribution in [2.45, 2.75) is 38.8 Å². The van der Waals surface area contributed by atoms with Gasteiger partial charge in [0.1, 0.15) is 0 Å². The van der Waals surface area contributed by atoms with E-state index in [0.29, 0.717) is 23.8 Å². The average Bonchev–Trinajstić information content (AvgIpc) is 3.45. The number of benzene rings is 1. The Morgan fingerprint density at radius 1 is 1.25 bits per heavy atom. The summed E-state index contributed by atoms with van der Waals surface area (Å²) in [6, 6.07) is 10.9. The summed E-state index contributed by atoms with van der Waals surface area (Å²) in [6.07, 6.45) is 5.09. The first-order valence-electron chi connectivity index (χ1n) is 9.07. The van der Waals surface area contributed by atoms with E-state index in [4.69, 9.17) is 0 Å². The number of likely N-dealkylation sites (tertiary alicyclic amines) is 1. The molecule has 1 saturated heterocycles. The number of para-hydroxylation sites is 1. The van der Waals surface area contributed by atoms with Gasteiger partial charge in [0.25, 0.3) is 0 Å². The Bertz CT molecular complexity index is 735. The van der Waals surface area contributed by atoms with E-state index in [9.17, 15) is 4.79 Å². The van der Waals surface area contributed by atoms with Crippen molar-refractivity contribution in [2.24, 2.45) is 11.8 Å². The van der Waals surface area contributed by atoms with Gasteiger partial charge in [-0.2, -0.15) is 0 Å². The number of aromatic nitrogens is 1. The van der Waals surface area contributed by atoms with Crippen molar-refractivity contribution in [3.8, 4) is 0 Å². The van der Waals surface area contributed by atoms with Crippen LogP contribution in [0.3, 0.4) is 0 Å². The van der Waals surface area contributed by atoms with Crippen molar-refractivity contribution in [1.82, 2.24) is 15.2 Å². The average molecular weight is 323 g/mol. The fraction of sp³-hybridized carbons (Fsp3) is 0.500. The molecule has 0 spiro atoms. The van der Waals surface area contributed by atoms with Crippen LogP contribution in [0.5, 0.6) is 0 Å². The molecule has 1 saturated carbocycles. The zero-order valence-corrected chi connectivity index (χ0v) is 14.2. The molecule has 1 aliphatic carbocycles. The minimum absolute atomic E-state index is 0.337. The monoisotopic (exact) mass is 323 g/mol. The van der Waals surface area contributed by atoms with E-state index in [1.165, 1.54) is 10.9 Å². The summed E-state index contributed by atoms with van der Waals surface area (Å²) in [4.78, 5) is 18.9. The van der Waals surface area contributed by atoms with Gasteiger partial charge in [-0.05, 0) is 36.8 Å². The molecule has 0 radical (unpaired) electrons. The van der Waals surface area contributed by atoms with Crippen molar-refractivity contribution in [2.75, 3.05) is 13.1 Å². The molecule has 1 amide bonds. The second kappa shape index (κ2) is 6.52. The lowest BCUT2D eigenvalue weighted by Crippen LogP contribution is -2.50. The molecule has 0 unspecified atom stereocenters. The Morgan fingerprint density at radius 3 is 2.88 bits per heavy atom. The van der Waals surface area contributed by atoms with E-state index in [2.05, 4.69) is 46.4 Å². The van der Waals surface area contributed by atoms with Crippen LogP contribution in [0.15, 0.2) is 36.5 Å². The Kier molecular flexibility index (Phi) is 4.23. The van der Waals surface area contributed by atoms with Gasteiger partial charge in [-0.3, -0.25) is 9.78 Å². The highest BCUT2D eigenvalue weighted by Crippen LogP contribution is 2.32. The number of carbonyl (C=O) groups is 1. The van der Waals surface area contributed by atoms with Gasteiger partial charge in [0.05, 0.1) is 5.52 Å². The number of nitrogens with one attached hydrogen (secondary N) is 1. The number of pyridine rings is 1. The number of carbonyl (C=O) groups excluding carboxylic acids is 1. The lowest BCUT2D eigenvalue weighted by Gasteiger charge is -2.37. The first-order valence-corrected chi connectivity index (χ1v) is 9.07. The molecule has 2 atom stereocenters. The maximum Gasteiger partial charge on any atom is 0.225 e. The summed E-state index contributed by atoms with van der Waals surface area (Å²) in [5.41, 5.74) is 2.33. The van der Waals surface area contributed by atoms with Crippen LogP contribution in [0.4, 0.5) is 0 Å². The van der Waals surface area contributed by atoms with Crippen LogP contribution >= 0.6 is 0 Å². The molecule has 4 rings (SSSR count). The number of hydrogen-bond donors (Lipinski definition) is 1. The van der Waals surface area contributed by atoms with Crippen LogP contribution in [-0.2, 0) is 11.3 Å². The molecule has 2 heterocycles. The summed E-state index contributed by atoms with van der Waals surface area (Å²) in [7, 11) is 0. The summed E-state index contributed by atoms with van der Waals surface area (Å²) < 4.78 is 0. The third-order valence-corrected chi connectivity index (χ3v) is 5.41. The third kappa shape index (κ3) is 3.16. The molecule has 2 aromatic rings. The molecule has 1 aromatic carbocycles. The molecule has 1 N–H and O–H groups in total. The van der Waals surface area contributed by atoms with Crippen molar-refractivity contribution >= 4 is 16.8 Å². The largest absolute Gasteiger partial charge is 0.342 e. The zero-order valence-electron chi connectivity index (χ0n) is 14.2. The minimum Gasteiger partial charge on any atom is -0.342 e. The predicted octanol–water partition coefficient (Wildman–Crippen LogP) is 2.97. The van der Waals surface area contributed by atoms with Crippen molar-refractivity contribution < 1.29 is 4.79 Å². The SMILES string of the molecule is C[C@@H]1CN(C(=O)C2CC2)CC[C@@H]1NCc1cccc2cccnc12.